The molecule has 8 heteroatoms. The Labute approximate surface area is 185 Å². The second-order valence-electron chi connectivity index (χ2n) is 8.42. The molecule has 2 aliphatic heterocycles. The summed E-state index contributed by atoms with van der Waals surface area (Å²) in [5.74, 6) is -2.73. The van der Waals surface area contributed by atoms with Crippen LogP contribution in [0.5, 0.6) is 0 Å². The second-order valence-corrected chi connectivity index (χ2v) is 8.42. The van der Waals surface area contributed by atoms with Crippen molar-refractivity contribution in [1.82, 2.24) is 15.1 Å². The summed E-state index contributed by atoms with van der Waals surface area (Å²) in [4.78, 5) is 54.9. The number of benzene rings is 2. The van der Waals surface area contributed by atoms with Gasteiger partial charge in [0.15, 0.2) is 0 Å². The first kappa shape index (κ1) is 21.7. The summed E-state index contributed by atoms with van der Waals surface area (Å²) in [6, 6.07) is 9.97. The van der Waals surface area contributed by atoms with Crippen molar-refractivity contribution in [3.63, 3.8) is 0 Å². The van der Waals surface area contributed by atoms with E-state index in [4.69, 9.17) is 0 Å². The van der Waals surface area contributed by atoms with Crippen molar-refractivity contribution in [3.05, 3.63) is 71.0 Å². The molecule has 0 aromatic heterocycles. The molecule has 2 aliphatic rings. The Balaban J connectivity index is 1.73. The van der Waals surface area contributed by atoms with Crippen molar-refractivity contribution in [1.29, 1.82) is 0 Å². The largest absolute Gasteiger partial charge is 0.352 e. The lowest BCUT2D eigenvalue weighted by Gasteiger charge is -2.39. The van der Waals surface area contributed by atoms with Crippen LogP contribution < -0.4 is 5.32 Å². The zero-order valence-corrected chi connectivity index (χ0v) is 17.9. The minimum atomic E-state index is -1.18. The third-order valence-corrected chi connectivity index (χ3v) is 5.81. The Morgan fingerprint density at radius 2 is 1.62 bits per heavy atom. The molecule has 0 spiro atoms. The van der Waals surface area contributed by atoms with E-state index in [1.165, 1.54) is 23.1 Å². The highest BCUT2D eigenvalue weighted by Gasteiger charge is 2.46. The van der Waals surface area contributed by atoms with Gasteiger partial charge in [-0.15, -0.1) is 0 Å². The summed E-state index contributed by atoms with van der Waals surface area (Å²) in [6.07, 6.45) is 0.229. The molecule has 0 radical (unpaired) electrons. The summed E-state index contributed by atoms with van der Waals surface area (Å²) in [5.41, 5.74) is 0.575. The van der Waals surface area contributed by atoms with Crippen molar-refractivity contribution in [3.8, 4) is 0 Å². The molecular weight excluding hydrogens is 413 g/mol. The number of hydrogen-bond donors (Lipinski definition) is 1. The average Bonchev–Trinajstić information content (AvgIpc) is 3.02. The van der Waals surface area contributed by atoms with Crippen LogP contribution in [-0.4, -0.2) is 52.6 Å². The Hall–Kier alpha value is -3.55. The van der Waals surface area contributed by atoms with Crippen LogP contribution in [0.3, 0.4) is 0 Å². The number of amides is 4. The van der Waals surface area contributed by atoms with Crippen molar-refractivity contribution < 1.29 is 23.6 Å². The molecule has 1 saturated heterocycles. The van der Waals surface area contributed by atoms with Gasteiger partial charge in [-0.2, -0.15) is 0 Å². The van der Waals surface area contributed by atoms with Gasteiger partial charge in [-0.1, -0.05) is 44.2 Å². The molecule has 4 amide bonds. The number of piperazine rings is 1. The van der Waals surface area contributed by atoms with Crippen molar-refractivity contribution in [2.24, 2.45) is 5.92 Å². The Bertz CT molecular complexity index is 1070. The Kier molecular flexibility index (Phi) is 5.78. The van der Waals surface area contributed by atoms with E-state index in [-0.39, 0.29) is 42.1 Å². The first-order chi connectivity index (χ1) is 15.3. The molecular formula is C24H24FN3O4. The SMILES string of the molecule is CC(C)CC(C(=O)N1CCNC(=O)C1c1ccccc1F)N1C(=O)c2ccccc2C1=O. The van der Waals surface area contributed by atoms with E-state index in [9.17, 15) is 23.6 Å². The highest BCUT2D eigenvalue weighted by atomic mass is 19.1. The van der Waals surface area contributed by atoms with Gasteiger partial charge in [-0.3, -0.25) is 24.1 Å². The lowest BCUT2D eigenvalue weighted by Crippen LogP contribution is -2.58. The van der Waals surface area contributed by atoms with Gasteiger partial charge >= 0.3 is 0 Å². The van der Waals surface area contributed by atoms with Crippen molar-refractivity contribution in [2.45, 2.75) is 32.4 Å². The third-order valence-electron chi connectivity index (χ3n) is 5.81. The number of imide groups is 1. The number of carbonyl (C=O) groups is 4. The van der Waals surface area contributed by atoms with Gasteiger partial charge in [0.05, 0.1) is 11.1 Å². The lowest BCUT2D eigenvalue weighted by atomic mass is 9.97. The fraction of sp³-hybridized carbons (Fsp3) is 0.333. The van der Waals surface area contributed by atoms with Crippen LogP contribution in [0.4, 0.5) is 4.39 Å². The summed E-state index contributed by atoms with van der Waals surface area (Å²) < 4.78 is 14.6. The maximum Gasteiger partial charge on any atom is 0.262 e. The lowest BCUT2D eigenvalue weighted by molar-refractivity contribution is -0.146. The number of nitrogens with one attached hydrogen (secondary N) is 1. The van der Waals surface area contributed by atoms with Crippen LogP contribution in [0.1, 0.15) is 52.6 Å². The summed E-state index contributed by atoms with van der Waals surface area (Å²) in [6.45, 7) is 4.11. The molecule has 2 heterocycles. The molecule has 0 bridgehead atoms. The number of fused-ring (bicyclic) bond motifs is 1. The van der Waals surface area contributed by atoms with Crippen LogP contribution in [0.2, 0.25) is 0 Å². The molecule has 2 aromatic rings. The summed E-state index contributed by atoms with van der Waals surface area (Å²) in [7, 11) is 0. The van der Waals surface area contributed by atoms with Gasteiger partial charge in [0.2, 0.25) is 11.8 Å². The molecule has 32 heavy (non-hydrogen) atoms. The van der Waals surface area contributed by atoms with Crippen LogP contribution in [-0.2, 0) is 9.59 Å². The van der Waals surface area contributed by atoms with Crippen LogP contribution in [0, 0.1) is 11.7 Å². The number of hydrogen-bond acceptors (Lipinski definition) is 4. The first-order valence-electron chi connectivity index (χ1n) is 10.6. The molecule has 2 aromatic carbocycles. The molecule has 7 nitrogen and oxygen atoms in total. The van der Waals surface area contributed by atoms with Crippen molar-refractivity contribution >= 4 is 23.6 Å². The van der Waals surface area contributed by atoms with Crippen LogP contribution >= 0.6 is 0 Å². The molecule has 2 unspecified atom stereocenters. The minimum absolute atomic E-state index is 0.0150. The van der Waals surface area contributed by atoms with E-state index in [1.807, 2.05) is 13.8 Å². The standard InChI is InChI=1S/C24H24FN3O4/c1-14(2)13-19(28-22(30)15-7-3-4-8-16(15)23(28)31)24(32)27-12-11-26-21(29)20(27)17-9-5-6-10-18(17)25/h3-10,14,19-20H,11-13H2,1-2H3,(H,26,29). The Morgan fingerprint density at radius 1 is 1.03 bits per heavy atom. The van der Waals surface area contributed by atoms with E-state index in [2.05, 4.69) is 5.32 Å². The molecule has 2 atom stereocenters. The minimum Gasteiger partial charge on any atom is -0.352 e. The number of halogens is 1. The number of carbonyl (C=O) groups excluding carboxylic acids is 4. The predicted molar refractivity (Wildman–Crippen MR) is 114 cm³/mol. The summed E-state index contributed by atoms with van der Waals surface area (Å²) in [5, 5.41) is 2.68. The molecule has 1 N–H and O–H groups in total. The average molecular weight is 437 g/mol. The van der Waals surface area contributed by atoms with Gasteiger partial charge in [0.25, 0.3) is 11.8 Å². The third kappa shape index (κ3) is 3.66. The highest BCUT2D eigenvalue weighted by Crippen LogP contribution is 2.31. The fourth-order valence-electron chi connectivity index (χ4n) is 4.36. The maximum atomic E-state index is 14.6. The van der Waals surface area contributed by atoms with E-state index in [0.717, 1.165) is 4.90 Å². The normalized spacial score (nSPS) is 19.2. The first-order valence-corrected chi connectivity index (χ1v) is 10.6. The predicted octanol–water partition coefficient (Wildman–Crippen LogP) is 2.54. The number of rotatable bonds is 5. The van der Waals surface area contributed by atoms with Gasteiger partial charge in [-0.25, -0.2) is 4.39 Å². The van der Waals surface area contributed by atoms with E-state index in [0.29, 0.717) is 0 Å². The van der Waals surface area contributed by atoms with Gasteiger partial charge in [0, 0.05) is 18.7 Å². The zero-order chi connectivity index (χ0) is 23.0. The quantitative estimate of drug-likeness (QED) is 0.729. The van der Waals surface area contributed by atoms with Gasteiger partial charge < -0.3 is 10.2 Å². The Morgan fingerprint density at radius 3 is 2.22 bits per heavy atom. The van der Waals surface area contributed by atoms with Crippen LogP contribution in [0.15, 0.2) is 48.5 Å². The van der Waals surface area contributed by atoms with E-state index in [1.54, 1.807) is 30.3 Å². The zero-order valence-electron chi connectivity index (χ0n) is 17.9. The van der Waals surface area contributed by atoms with Gasteiger partial charge in [-0.05, 0) is 30.5 Å². The monoisotopic (exact) mass is 437 g/mol. The second kappa shape index (κ2) is 8.53. The van der Waals surface area contributed by atoms with E-state index < -0.39 is 41.5 Å². The molecule has 1 fully saturated rings. The van der Waals surface area contributed by atoms with Crippen molar-refractivity contribution in [2.75, 3.05) is 13.1 Å². The molecule has 166 valence electrons. The topological polar surface area (TPSA) is 86.8 Å². The smallest absolute Gasteiger partial charge is 0.262 e. The highest BCUT2D eigenvalue weighted by molar-refractivity contribution is 6.22. The van der Waals surface area contributed by atoms with Gasteiger partial charge in [0.1, 0.15) is 17.9 Å². The maximum absolute atomic E-state index is 14.6. The molecule has 4 rings (SSSR count). The summed E-state index contributed by atoms with van der Waals surface area (Å²) >= 11 is 0. The van der Waals surface area contributed by atoms with Crippen LogP contribution in [0.25, 0.3) is 0 Å². The molecule has 0 saturated carbocycles. The fourth-order valence-corrected chi connectivity index (χ4v) is 4.36. The molecule has 0 aliphatic carbocycles. The number of nitrogens with zero attached hydrogens (tertiary/aromatic N) is 2. The van der Waals surface area contributed by atoms with E-state index >= 15 is 0 Å².